The van der Waals surface area contributed by atoms with Gasteiger partial charge in [-0.3, -0.25) is 4.79 Å². The number of esters is 1. The Labute approximate surface area is 101 Å². The molecule has 17 heavy (non-hydrogen) atoms. The molecule has 0 bridgehead atoms. The van der Waals surface area contributed by atoms with E-state index in [-0.39, 0.29) is 11.4 Å². The molecular formula is C13H19NO3. The Kier molecular flexibility index (Phi) is 3.63. The van der Waals surface area contributed by atoms with E-state index in [1.165, 1.54) is 12.8 Å². The van der Waals surface area contributed by atoms with Crippen molar-refractivity contribution in [3.05, 3.63) is 0 Å². The molecule has 0 saturated heterocycles. The van der Waals surface area contributed by atoms with Crippen molar-refractivity contribution in [3.63, 3.8) is 0 Å². The van der Waals surface area contributed by atoms with Gasteiger partial charge in [0.1, 0.15) is 0 Å². The first-order chi connectivity index (χ1) is 8.19. The fourth-order valence-corrected chi connectivity index (χ4v) is 3.42. The molecule has 0 radical (unpaired) electrons. The van der Waals surface area contributed by atoms with Crippen LogP contribution in [0.1, 0.15) is 39.0 Å². The van der Waals surface area contributed by atoms with Crippen LogP contribution in [0.3, 0.4) is 0 Å². The first-order valence-electron chi connectivity index (χ1n) is 6.38. The Hall–Kier alpha value is -1.15. The summed E-state index contributed by atoms with van der Waals surface area (Å²) < 4.78 is 5.02. The number of nitrogens with zero attached hydrogens (tertiary/aromatic N) is 1. The Morgan fingerprint density at radius 1 is 1.41 bits per heavy atom. The highest BCUT2D eigenvalue weighted by Crippen LogP contribution is 2.56. The molecule has 4 heteroatoms. The maximum atomic E-state index is 11.6. The van der Waals surface area contributed by atoms with Crippen LogP contribution >= 0.6 is 0 Å². The van der Waals surface area contributed by atoms with Crippen molar-refractivity contribution in [3.8, 4) is 0 Å². The highest BCUT2D eigenvalue weighted by Gasteiger charge is 2.50. The molecule has 2 rings (SSSR count). The molecule has 0 aromatic heterocycles. The van der Waals surface area contributed by atoms with E-state index in [9.17, 15) is 9.59 Å². The van der Waals surface area contributed by atoms with Crippen LogP contribution in [0.5, 0.6) is 0 Å². The molecule has 2 aliphatic rings. The lowest BCUT2D eigenvalue weighted by atomic mass is 9.77. The molecule has 0 amide bonds. The Bertz CT molecular complexity index is 335. The maximum absolute atomic E-state index is 11.6. The lowest BCUT2D eigenvalue weighted by molar-refractivity contribution is -0.145. The second-order valence-electron chi connectivity index (χ2n) is 5.40. The van der Waals surface area contributed by atoms with Crippen LogP contribution in [-0.2, 0) is 14.3 Å². The third-order valence-electron chi connectivity index (χ3n) is 4.27. The van der Waals surface area contributed by atoms with Gasteiger partial charge >= 0.3 is 5.97 Å². The second-order valence-corrected chi connectivity index (χ2v) is 5.40. The van der Waals surface area contributed by atoms with E-state index in [1.807, 2.05) is 6.92 Å². The summed E-state index contributed by atoms with van der Waals surface area (Å²) in [4.78, 5) is 25.6. The van der Waals surface area contributed by atoms with Crippen molar-refractivity contribution in [1.82, 2.24) is 0 Å². The van der Waals surface area contributed by atoms with Gasteiger partial charge in [-0.25, -0.2) is 9.79 Å². The van der Waals surface area contributed by atoms with E-state index >= 15 is 0 Å². The minimum Gasteiger partial charge on any atom is -0.466 e. The van der Waals surface area contributed by atoms with Crippen LogP contribution in [-0.4, -0.2) is 25.2 Å². The summed E-state index contributed by atoms with van der Waals surface area (Å²) in [5, 5.41) is 0. The Balaban J connectivity index is 2.02. The number of aliphatic imine (C=N–C) groups is 1. The van der Waals surface area contributed by atoms with Crippen LogP contribution in [0.2, 0.25) is 0 Å². The molecule has 0 heterocycles. The molecule has 0 spiro atoms. The molecule has 0 N–H and O–H groups in total. The average molecular weight is 237 g/mol. The zero-order valence-corrected chi connectivity index (χ0v) is 10.3. The molecule has 0 aromatic rings. The molecule has 0 aliphatic heterocycles. The Morgan fingerprint density at radius 3 is 2.53 bits per heavy atom. The third kappa shape index (κ3) is 2.58. The fourth-order valence-electron chi connectivity index (χ4n) is 3.42. The zero-order chi connectivity index (χ0) is 12.3. The molecule has 4 nitrogen and oxygen atoms in total. The number of rotatable bonds is 5. The van der Waals surface area contributed by atoms with Crippen LogP contribution in [0, 0.1) is 17.3 Å². The molecule has 2 saturated carbocycles. The van der Waals surface area contributed by atoms with Gasteiger partial charge in [-0.1, -0.05) is 0 Å². The zero-order valence-electron chi connectivity index (χ0n) is 10.3. The first kappa shape index (κ1) is 12.3. The minimum atomic E-state index is -0.158. The van der Waals surface area contributed by atoms with Crippen LogP contribution in [0.4, 0.5) is 0 Å². The molecule has 2 aliphatic carbocycles. The summed E-state index contributed by atoms with van der Waals surface area (Å²) in [7, 11) is 0. The van der Waals surface area contributed by atoms with Gasteiger partial charge in [0.25, 0.3) is 0 Å². The van der Waals surface area contributed by atoms with Crippen LogP contribution < -0.4 is 0 Å². The van der Waals surface area contributed by atoms with E-state index < -0.39 is 0 Å². The number of ether oxygens (including phenoxy) is 1. The van der Waals surface area contributed by atoms with E-state index in [0.717, 1.165) is 24.7 Å². The first-order valence-corrected chi connectivity index (χ1v) is 6.38. The lowest BCUT2D eigenvalue weighted by Gasteiger charge is -2.29. The van der Waals surface area contributed by atoms with Crippen molar-refractivity contribution < 1.29 is 14.3 Å². The van der Waals surface area contributed by atoms with Crippen molar-refractivity contribution in [2.24, 2.45) is 22.2 Å². The van der Waals surface area contributed by atoms with Crippen molar-refractivity contribution >= 4 is 12.0 Å². The minimum absolute atomic E-state index is 0.129. The molecule has 0 unspecified atom stereocenters. The maximum Gasteiger partial charge on any atom is 0.306 e. The molecule has 0 aromatic carbocycles. The number of isocyanates is 1. The molecule has 3 atom stereocenters. The van der Waals surface area contributed by atoms with Crippen molar-refractivity contribution in [2.75, 3.05) is 13.2 Å². The predicted octanol–water partition coefficient (Wildman–Crippen LogP) is 2.08. The third-order valence-corrected chi connectivity index (χ3v) is 4.27. The standard InChI is InChI=1S/C13H19NO3/c1-2-17-12(16)7-13(8-14-9-15)5-10-3-4-11(10)6-13/h10-11H,2-8H2,1H3/t10-,11+,13-. The summed E-state index contributed by atoms with van der Waals surface area (Å²) in [5.41, 5.74) is -0.129. The molecule has 94 valence electrons. The summed E-state index contributed by atoms with van der Waals surface area (Å²) >= 11 is 0. The van der Waals surface area contributed by atoms with Crippen LogP contribution in [0.25, 0.3) is 0 Å². The summed E-state index contributed by atoms with van der Waals surface area (Å²) in [5.74, 6) is 1.33. The van der Waals surface area contributed by atoms with E-state index in [0.29, 0.717) is 19.6 Å². The normalized spacial score (nSPS) is 34.4. The number of carbonyl (C=O) groups excluding carboxylic acids is 2. The predicted molar refractivity (Wildman–Crippen MR) is 62.1 cm³/mol. The van der Waals surface area contributed by atoms with E-state index in [4.69, 9.17) is 4.74 Å². The highest BCUT2D eigenvalue weighted by molar-refractivity contribution is 5.70. The number of hydrogen-bond donors (Lipinski definition) is 0. The monoisotopic (exact) mass is 237 g/mol. The smallest absolute Gasteiger partial charge is 0.306 e. The summed E-state index contributed by atoms with van der Waals surface area (Å²) in [6.07, 6.45) is 6.56. The largest absolute Gasteiger partial charge is 0.466 e. The molecular weight excluding hydrogens is 218 g/mol. The van der Waals surface area contributed by atoms with Gasteiger partial charge in [0.05, 0.1) is 19.6 Å². The highest BCUT2D eigenvalue weighted by atomic mass is 16.5. The fraction of sp³-hybridized carbons (Fsp3) is 0.846. The van der Waals surface area contributed by atoms with Crippen molar-refractivity contribution in [2.45, 2.75) is 39.0 Å². The van der Waals surface area contributed by atoms with Gasteiger partial charge in [0, 0.05) is 5.41 Å². The number of hydrogen-bond acceptors (Lipinski definition) is 4. The van der Waals surface area contributed by atoms with Gasteiger partial charge < -0.3 is 4.74 Å². The number of carbonyl (C=O) groups is 1. The average Bonchev–Trinajstić information content (AvgIpc) is 2.52. The van der Waals surface area contributed by atoms with Crippen LogP contribution in [0.15, 0.2) is 4.99 Å². The van der Waals surface area contributed by atoms with Gasteiger partial charge in [0.15, 0.2) is 0 Å². The molecule has 2 fully saturated rings. The summed E-state index contributed by atoms with van der Waals surface area (Å²) in [6.45, 7) is 2.66. The van der Waals surface area contributed by atoms with Gasteiger partial charge in [0.2, 0.25) is 6.08 Å². The summed E-state index contributed by atoms with van der Waals surface area (Å²) in [6, 6.07) is 0. The van der Waals surface area contributed by atoms with Gasteiger partial charge in [-0.15, -0.1) is 0 Å². The lowest BCUT2D eigenvalue weighted by Crippen LogP contribution is -2.26. The SMILES string of the molecule is CCOC(=O)C[C@@]1(CN=C=O)C[C@H]2CC[C@H]2C1. The van der Waals surface area contributed by atoms with E-state index in [1.54, 1.807) is 6.08 Å². The van der Waals surface area contributed by atoms with Gasteiger partial charge in [-0.2, -0.15) is 0 Å². The van der Waals surface area contributed by atoms with Gasteiger partial charge in [-0.05, 0) is 44.4 Å². The quantitative estimate of drug-likeness (QED) is 0.418. The van der Waals surface area contributed by atoms with E-state index in [2.05, 4.69) is 4.99 Å². The number of fused-ring (bicyclic) bond motifs is 1. The topological polar surface area (TPSA) is 55.7 Å². The van der Waals surface area contributed by atoms with Crippen molar-refractivity contribution in [1.29, 1.82) is 0 Å². The second kappa shape index (κ2) is 5.01. The Morgan fingerprint density at radius 2 is 2.06 bits per heavy atom.